The normalized spacial score (nSPS) is 10.5. The van der Waals surface area contributed by atoms with Gasteiger partial charge in [-0.1, -0.05) is 0 Å². The molecule has 0 spiro atoms. The Hall–Kier alpha value is -1.45. The highest BCUT2D eigenvalue weighted by Crippen LogP contribution is 2.14. The largest absolute Gasteiger partial charge is 0.421 e. The van der Waals surface area contributed by atoms with E-state index >= 15 is 0 Å². The van der Waals surface area contributed by atoms with E-state index in [1.54, 1.807) is 19.2 Å². The fourth-order valence-electron chi connectivity index (χ4n) is 0.752. The molecule has 0 saturated heterocycles. The Bertz CT molecular complexity index is 317. The Morgan fingerprint density at radius 2 is 2.30 bits per heavy atom. The van der Waals surface area contributed by atoms with Crippen LogP contribution in [0.15, 0.2) is 16.7 Å². The Labute approximate surface area is 57.3 Å². The lowest BCUT2D eigenvalue weighted by Gasteiger charge is -1.93. The first kappa shape index (κ1) is 5.34. The molecule has 0 saturated carbocycles. The third-order valence-electron chi connectivity index (χ3n) is 1.19. The molecule has 0 bridgehead atoms. The molecule has 4 nitrogen and oxygen atoms in total. The highest BCUT2D eigenvalue weighted by molar-refractivity contribution is 5.46. The van der Waals surface area contributed by atoms with Crippen LogP contribution in [0.4, 0.5) is 0 Å². The van der Waals surface area contributed by atoms with Gasteiger partial charge in [0.05, 0.1) is 0 Å². The fraction of sp³-hybridized carbons (Fsp3) is 0.167. The zero-order chi connectivity index (χ0) is 6.97. The van der Waals surface area contributed by atoms with Crippen LogP contribution < -0.4 is 0 Å². The van der Waals surface area contributed by atoms with Crippen molar-refractivity contribution in [3.63, 3.8) is 0 Å². The van der Waals surface area contributed by atoms with Crippen molar-refractivity contribution >= 4 is 0 Å². The summed E-state index contributed by atoms with van der Waals surface area (Å²) in [6.07, 6.45) is 1.64. The molecule has 0 fully saturated rings. The number of nitrogens with zero attached hydrogens (tertiary/aromatic N) is 3. The summed E-state index contributed by atoms with van der Waals surface area (Å²) in [6.45, 7) is 1.74. The van der Waals surface area contributed by atoms with Crippen LogP contribution in [0.2, 0.25) is 0 Å². The van der Waals surface area contributed by atoms with Gasteiger partial charge in [-0.25, -0.2) is 4.98 Å². The highest BCUT2D eigenvalue weighted by Gasteiger charge is 2.07. The summed E-state index contributed by atoms with van der Waals surface area (Å²) in [5, 5.41) is 7.56. The van der Waals surface area contributed by atoms with E-state index in [2.05, 4.69) is 15.2 Å². The predicted octanol–water partition coefficient (Wildman–Crippen LogP) is 0.878. The molecular formula is C6H5N3O. The topological polar surface area (TPSA) is 51.8 Å². The van der Waals surface area contributed by atoms with Crippen LogP contribution in [0, 0.1) is 6.92 Å². The van der Waals surface area contributed by atoms with Crippen LogP contribution in [0.5, 0.6) is 0 Å². The summed E-state index contributed by atoms with van der Waals surface area (Å²) < 4.78 is 5.12. The quantitative estimate of drug-likeness (QED) is 0.538. The van der Waals surface area contributed by atoms with E-state index in [-0.39, 0.29) is 0 Å². The standard InChI is InChI=1S/C6H5N3O/c1-4-8-9-5-2-3-7-6(5)10-4/h2-3H,1H3. The van der Waals surface area contributed by atoms with Gasteiger partial charge in [0.1, 0.15) is 5.69 Å². The molecule has 0 atom stereocenters. The maximum atomic E-state index is 5.12. The van der Waals surface area contributed by atoms with Gasteiger partial charge in [-0.3, -0.25) is 0 Å². The molecule has 50 valence electrons. The van der Waals surface area contributed by atoms with Crippen LogP contribution in [0.1, 0.15) is 5.89 Å². The number of hydrogen-bond acceptors (Lipinski definition) is 4. The van der Waals surface area contributed by atoms with Crippen LogP contribution in [-0.2, 0) is 0 Å². The molecule has 2 heterocycles. The Balaban J connectivity index is 2.75. The van der Waals surface area contributed by atoms with Crippen LogP contribution >= 0.6 is 0 Å². The second-order valence-electron chi connectivity index (χ2n) is 1.96. The summed E-state index contributed by atoms with van der Waals surface area (Å²) >= 11 is 0. The minimum absolute atomic E-state index is 0.534. The Kier molecular flexibility index (Phi) is 0.943. The molecule has 0 aromatic rings. The van der Waals surface area contributed by atoms with E-state index in [0.29, 0.717) is 17.5 Å². The maximum Gasteiger partial charge on any atom is 0.248 e. The number of rotatable bonds is 0. The molecule has 0 N–H and O–H groups in total. The average Bonchev–Trinajstić information content (AvgIpc) is 2.33. The van der Waals surface area contributed by atoms with Gasteiger partial charge >= 0.3 is 0 Å². The van der Waals surface area contributed by atoms with Gasteiger partial charge in [0.15, 0.2) is 0 Å². The van der Waals surface area contributed by atoms with Crippen molar-refractivity contribution in [1.29, 1.82) is 0 Å². The molecule has 0 aliphatic carbocycles. The summed E-state index contributed by atoms with van der Waals surface area (Å²) in [4.78, 5) is 3.91. The molecule has 0 aromatic heterocycles. The van der Waals surface area contributed by atoms with E-state index in [1.165, 1.54) is 0 Å². The molecule has 0 unspecified atom stereocenters. The summed E-state index contributed by atoms with van der Waals surface area (Å²) in [5.41, 5.74) is 0.700. The first-order valence-electron chi connectivity index (χ1n) is 2.91. The lowest BCUT2D eigenvalue weighted by atomic mass is 10.5. The van der Waals surface area contributed by atoms with Gasteiger partial charge in [-0.05, 0) is 6.07 Å². The molecule has 4 heteroatoms. The molecule has 0 aromatic carbocycles. The van der Waals surface area contributed by atoms with Crippen molar-refractivity contribution in [2.75, 3.05) is 0 Å². The Morgan fingerprint density at radius 3 is 3.20 bits per heavy atom. The van der Waals surface area contributed by atoms with E-state index in [9.17, 15) is 0 Å². The van der Waals surface area contributed by atoms with E-state index in [1.807, 2.05) is 0 Å². The summed E-state index contributed by atoms with van der Waals surface area (Å²) in [6, 6.07) is 1.76. The third kappa shape index (κ3) is 0.655. The van der Waals surface area contributed by atoms with Gasteiger partial charge in [-0.15, -0.1) is 10.2 Å². The summed E-state index contributed by atoms with van der Waals surface area (Å²) in [7, 11) is 0. The van der Waals surface area contributed by atoms with Crippen molar-refractivity contribution in [2.45, 2.75) is 6.92 Å². The second kappa shape index (κ2) is 1.76. The van der Waals surface area contributed by atoms with Gasteiger partial charge in [0.2, 0.25) is 11.8 Å². The lowest BCUT2D eigenvalue weighted by Crippen LogP contribution is -1.89. The minimum atomic E-state index is 0.534. The molecule has 2 aliphatic rings. The number of aromatic nitrogens is 3. The molecule has 0 radical (unpaired) electrons. The Morgan fingerprint density at radius 1 is 1.40 bits per heavy atom. The smallest absolute Gasteiger partial charge is 0.248 e. The molecular weight excluding hydrogens is 130 g/mol. The number of hydrogen-bond donors (Lipinski definition) is 0. The van der Waals surface area contributed by atoms with Crippen LogP contribution in [0.25, 0.3) is 11.6 Å². The predicted molar refractivity (Wildman–Crippen MR) is 33.5 cm³/mol. The number of aryl methyl sites for hydroxylation is 1. The van der Waals surface area contributed by atoms with Crippen molar-refractivity contribution in [3.05, 3.63) is 18.2 Å². The molecule has 10 heavy (non-hydrogen) atoms. The van der Waals surface area contributed by atoms with Gasteiger partial charge in [0.25, 0.3) is 0 Å². The van der Waals surface area contributed by atoms with E-state index in [4.69, 9.17) is 4.42 Å². The SMILES string of the molecule is Cc1nnc2ccnc-2o1. The fourth-order valence-corrected chi connectivity index (χ4v) is 0.752. The first-order chi connectivity index (χ1) is 4.86. The van der Waals surface area contributed by atoms with Crippen molar-refractivity contribution < 1.29 is 4.42 Å². The third-order valence-corrected chi connectivity index (χ3v) is 1.19. The van der Waals surface area contributed by atoms with Crippen molar-refractivity contribution in [2.24, 2.45) is 0 Å². The maximum absolute atomic E-state index is 5.12. The molecule has 2 aliphatic heterocycles. The van der Waals surface area contributed by atoms with Crippen molar-refractivity contribution in [1.82, 2.24) is 15.2 Å². The lowest BCUT2D eigenvalue weighted by molar-refractivity contribution is 0.475. The first-order valence-corrected chi connectivity index (χ1v) is 2.91. The number of fused-ring (bicyclic) bond motifs is 1. The minimum Gasteiger partial charge on any atom is -0.421 e. The highest BCUT2D eigenvalue weighted by atomic mass is 16.4. The van der Waals surface area contributed by atoms with Gasteiger partial charge in [-0.2, -0.15) is 0 Å². The zero-order valence-electron chi connectivity index (χ0n) is 5.40. The van der Waals surface area contributed by atoms with Crippen molar-refractivity contribution in [3.8, 4) is 11.6 Å². The monoisotopic (exact) mass is 135 g/mol. The zero-order valence-corrected chi connectivity index (χ0v) is 5.40. The van der Waals surface area contributed by atoms with Gasteiger partial charge < -0.3 is 4.42 Å². The van der Waals surface area contributed by atoms with Crippen LogP contribution in [-0.4, -0.2) is 15.2 Å². The average molecular weight is 135 g/mol. The second-order valence-corrected chi connectivity index (χ2v) is 1.96. The van der Waals surface area contributed by atoms with E-state index in [0.717, 1.165) is 0 Å². The van der Waals surface area contributed by atoms with Crippen LogP contribution in [0.3, 0.4) is 0 Å². The molecule has 0 amide bonds. The van der Waals surface area contributed by atoms with E-state index < -0.39 is 0 Å². The van der Waals surface area contributed by atoms with Gasteiger partial charge in [0, 0.05) is 13.1 Å². The molecule has 2 rings (SSSR count). The summed E-state index contributed by atoms with van der Waals surface area (Å²) in [5.74, 6) is 1.08.